The lowest BCUT2D eigenvalue weighted by Gasteiger charge is -2.25. The van der Waals surface area contributed by atoms with Crippen LogP contribution in [0.4, 0.5) is 0 Å². The van der Waals surface area contributed by atoms with E-state index in [0.29, 0.717) is 11.1 Å². The summed E-state index contributed by atoms with van der Waals surface area (Å²) in [7, 11) is 0. The third-order valence-electron chi connectivity index (χ3n) is 5.73. The minimum Gasteiger partial charge on any atom is -0.299 e. The van der Waals surface area contributed by atoms with Gasteiger partial charge in [-0.05, 0) is 31.4 Å². The SMILES string of the molecule is Cc1ccc(-c2nnc(SCC(=O)NN=CC(Cl)=Cc3ccccc3)n2C2CCCCC2)cc1. The van der Waals surface area contributed by atoms with Crippen LogP contribution in [0.25, 0.3) is 17.5 Å². The standard InChI is InChI=1S/C26H28ClN5OS/c1-19-12-14-21(15-13-19)25-30-31-26(32(25)23-10-6-3-7-11-23)34-18-24(33)29-28-17-22(27)16-20-8-4-2-5-9-20/h2,4-5,8-9,12-17,23H,3,6-7,10-11,18H2,1H3,(H,29,33). The summed E-state index contributed by atoms with van der Waals surface area (Å²) in [4.78, 5) is 12.4. The third kappa shape index (κ3) is 6.58. The molecule has 0 saturated heterocycles. The quantitative estimate of drug-likeness (QED) is 0.229. The summed E-state index contributed by atoms with van der Waals surface area (Å²) >= 11 is 7.57. The van der Waals surface area contributed by atoms with Crippen molar-refractivity contribution in [2.45, 2.75) is 50.2 Å². The van der Waals surface area contributed by atoms with Crippen LogP contribution in [0.5, 0.6) is 0 Å². The molecule has 8 heteroatoms. The number of hydrogen-bond donors (Lipinski definition) is 1. The number of carbonyl (C=O) groups is 1. The molecule has 3 aromatic rings. The number of aromatic nitrogens is 3. The van der Waals surface area contributed by atoms with Gasteiger partial charge in [0.15, 0.2) is 11.0 Å². The van der Waals surface area contributed by atoms with Crippen molar-refractivity contribution >= 4 is 41.6 Å². The van der Waals surface area contributed by atoms with E-state index in [4.69, 9.17) is 11.6 Å². The molecule has 1 N–H and O–H groups in total. The largest absolute Gasteiger partial charge is 0.299 e. The molecule has 0 radical (unpaired) electrons. The van der Waals surface area contributed by atoms with Gasteiger partial charge < -0.3 is 0 Å². The highest BCUT2D eigenvalue weighted by Gasteiger charge is 2.24. The molecule has 1 aliphatic rings. The summed E-state index contributed by atoms with van der Waals surface area (Å²) < 4.78 is 2.23. The maximum Gasteiger partial charge on any atom is 0.250 e. The molecule has 0 atom stereocenters. The number of thioether (sulfide) groups is 1. The Hall–Kier alpha value is -2.90. The molecule has 34 heavy (non-hydrogen) atoms. The normalized spacial score (nSPS) is 15.1. The van der Waals surface area contributed by atoms with Crippen LogP contribution in [0.1, 0.15) is 49.3 Å². The number of nitrogens with zero attached hydrogens (tertiary/aromatic N) is 4. The number of benzene rings is 2. The van der Waals surface area contributed by atoms with Gasteiger partial charge in [-0.3, -0.25) is 9.36 Å². The molecule has 2 aromatic carbocycles. The fraction of sp³-hybridized carbons (Fsp3) is 0.308. The first-order valence-corrected chi connectivity index (χ1v) is 12.9. The van der Waals surface area contributed by atoms with E-state index in [0.717, 1.165) is 34.9 Å². The fourth-order valence-electron chi connectivity index (χ4n) is 4.02. The average molecular weight is 494 g/mol. The van der Waals surface area contributed by atoms with E-state index in [2.05, 4.69) is 56.5 Å². The lowest BCUT2D eigenvalue weighted by molar-refractivity contribution is -0.118. The van der Waals surface area contributed by atoms with Crippen LogP contribution in [-0.2, 0) is 4.79 Å². The van der Waals surface area contributed by atoms with Gasteiger partial charge in [-0.25, -0.2) is 5.43 Å². The van der Waals surface area contributed by atoms with E-state index in [1.807, 2.05) is 30.3 Å². The van der Waals surface area contributed by atoms with Gasteiger partial charge in [0.05, 0.1) is 17.0 Å². The zero-order valence-corrected chi connectivity index (χ0v) is 20.7. The zero-order chi connectivity index (χ0) is 23.8. The van der Waals surface area contributed by atoms with Crippen LogP contribution >= 0.6 is 23.4 Å². The van der Waals surface area contributed by atoms with Crippen LogP contribution < -0.4 is 5.43 Å². The van der Waals surface area contributed by atoms with E-state index < -0.39 is 0 Å². The monoisotopic (exact) mass is 493 g/mol. The summed E-state index contributed by atoms with van der Waals surface area (Å²) in [5.41, 5.74) is 5.76. The molecule has 1 fully saturated rings. The highest BCUT2D eigenvalue weighted by Crippen LogP contribution is 2.35. The molecule has 1 heterocycles. The smallest absolute Gasteiger partial charge is 0.250 e. The fourth-order valence-corrected chi connectivity index (χ4v) is 4.99. The Labute approximate surface area is 209 Å². The van der Waals surface area contributed by atoms with E-state index in [9.17, 15) is 4.79 Å². The van der Waals surface area contributed by atoms with Crippen molar-refractivity contribution < 1.29 is 4.79 Å². The van der Waals surface area contributed by atoms with Crippen molar-refractivity contribution in [1.82, 2.24) is 20.2 Å². The molecule has 1 amide bonds. The van der Waals surface area contributed by atoms with Crippen molar-refractivity contribution in [3.05, 3.63) is 70.8 Å². The molecule has 0 bridgehead atoms. The maximum absolute atomic E-state index is 12.4. The van der Waals surface area contributed by atoms with E-state index in [1.165, 1.54) is 42.8 Å². The first-order valence-electron chi connectivity index (χ1n) is 11.5. The molecule has 1 aromatic heterocycles. The first kappa shape index (κ1) is 24.2. The van der Waals surface area contributed by atoms with Gasteiger partial charge in [0.1, 0.15) is 0 Å². The van der Waals surface area contributed by atoms with Crippen molar-refractivity contribution in [1.29, 1.82) is 0 Å². The molecule has 1 saturated carbocycles. The number of amides is 1. The Morgan fingerprint density at radius 1 is 1.12 bits per heavy atom. The van der Waals surface area contributed by atoms with Gasteiger partial charge in [0, 0.05) is 11.6 Å². The van der Waals surface area contributed by atoms with Gasteiger partial charge in [-0.2, -0.15) is 5.10 Å². The molecule has 6 nitrogen and oxygen atoms in total. The molecule has 176 valence electrons. The van der Waals surface area contributed by atoms with Crippen LogP contribution in [0.3, 0.4) is 0 Å². The highest BCUT2D eigenvalue weighted by molar-refractivity contribution is 7.99. The van der Waals surface area contributed by atoms with Crippen molar-refractivity contribution in [2.75, 3.05) is 5.75 Å². The van der Waals surface area contributed by atoms with Gasteiger partial charge in [0.25, 0.3) is 5.91 Å². The van der Waals surface area contributed by atoms with E-state index in [-0.39, 0.29) is 11.7 Å². The number of hydrogen-bond acceptors (Lipinski definition) is 5. The Balaban J connectivity index is 1.41. The molecular weight excluding hydrogens is 466 g/mol. The second-order valence-corrected chi connectivity index (χ2v) is 9.73. The van der Waals surface area contributed by atoms with E-state index >= 15 is 0 Å². The van der Waals surface area contributed by atoms with Gasteiger partial charge in [-0.15, -0.1) is 10.2 Å². The topological polar surface area (TPSA) is 72.2 Å². The summed E-state index contributed by atoms with van der Waals surface area (Å²) in [6, 6.07) is 18.4. The number of nitrogens with one attached hydrogen (secondary N) is 1. The number of carbonyl (C=O) groups excluding carboxylic acids is 1. The maximum atomic E-state index is 12.4. The number of aryl methyl sites for hydroxylation is 1. The Bertz CT molecular complexity index is 1150. The Kier molecular flexibility index (Phi) is 8.55. The molecular formula is C26H28ClN5OS. The van der Waals surface area contributed by atoms with Gasteiger partial charge in [0.2, 0.25) is 0 Å². The van der Waals surface area contributed by atoms with Crippen LogP contribution in [0, 0.1) is 6.92 Å². The third-order valence-corrected chi connectivity index (χ3v) is 6.88. The number of allylic oxidation sites excluding steroid dienone is 1. The van der Waals surface area contributed by atoms with Crippen LogP contribution in [-0.4, -0.2) is 32.6 Å². The molecule has 1 aliphatic carbocycles. The van der Waals surface area contributed by atoms with E-state index in [1.54, 1.807) is 6.08 Å². The van der Waals surface area contributed by atoms with Crippen LogP contribution in [0.15, 0.2) is 69.9 Å². The number of rotatable bonds is 8. The van der Waals surface area contributed by atoms with Gasteiger partial charge in [-0.1, -0.05) is 103 Å². The van der Waals surface area contributed by atoms with Crippen molar-refractivity contribution in [3.8, 4) is 11.4 Å². The zero-order valence-electron chi connectivity index (χ0n) is 19.2. The van der Waals surface area contributed by atoms with Crippen molar-refractivity contribution in [3.63, 3.8) is 0 Å². The first-order chi connectivity index (χ1) is 16.6. The minimum atomic E-state index is -0.222. The summed E-state index contributed by atoms with van der Waals surface area (Å²) in [5.74, 6) is 0.835. The number of hydrazone groups is 1. The molecule has 4 rings (SSSR count). The summed E-state index contributed by atoms with van der Waals surface area (Å²) in [5, 5.41) is 14.1. The molecule has 0 spiro atoms. The Morgan fingerprint density at radius 3 is 2.59 bits per heavy atom. The van der Waals surface area contributed by atoms with Crippen LogP contribution in [0.2, 0.25) is 0 Å². The Morgan fingerprint density at radius 2 is 1.85 bits per heavy atom. The predicted octanol–water partition coefficient (Wildman–Crippen LogP) is 6.23. The van der Waals surface area contributed by atoms with Gasteiger partial charge >= 0.3 is 0 Å². The number of halogens is 1. The lowest BCUT2D eigenvalue weighted by atomic mass is 9.95. The summed E-state index contributed by atoms with van der Waals surface area (Å²) in [6.07, 6.45) is 9.09. The minimum absolute atomic E-state index is 0.191. The molecule has 0 unspecified atom stereocenters. The summed E-state index contributed by atoms with van der Waals surface area (Å²) in [6.45, 7) is 2.07. The highest BCUT2D eigenvalue weighted by atomic mass is 35.5. The lowest BCUT2D eigenvalue weighted by Crippen LogP contribution is -2.20. The van der Waals surface area contributed by atoms with Crippen molar-refractivity contribution in [2.24, 2.45) is 5.10 Å². The predicted molar refractivity (Wildman–Crippen MR) is 140 cm³/mol. The second-order valence-electron chi connectivity index (χ2n) is 8.36. The second kappa shape index (κ2) is 12.0. The molecule has 0 aliphatic heterocycles. The average Bonchev–Trinajstić information content (AvgIpc) is 3.28.